The van der Waals surface area contributed by atoms with Crippen LogP contribution in [0.2, 0.25) is 0 Å². The molecule has 0 aromatic rings. The SMILES string of the molecule is CNC(CCC(C)C)C1CCCO1. The predicted molar refractivity (Wildman–Crippen MR) is 55.9 cm³/mol. The van der Waals surface area contributed by atoms with Crippen LogP contribution in [0.3, 0.4) is 0 Å². The average molecular weight is 185 g/mol. The topological polar surface area (TPSA) is 21.3 Å². The monoisotopic (exact) mass is 185 g/mol. The van der Waals surface area contributed by atoms with Crippen molar-refractivity contribution >= 4 is 0 Å². The van der Waals surface area contributed by atoms with Crippen molar-refractivity contribution in [2.75, 3.05) is 13.7 Å². The summed E-state index contributed by atoms with van der Waals surface area (Å²) >= 11 is 0. The highest BCUT2D eigenvalue weighted by atomic mass is 16.5. The third kappa shape index (κ3) is 3.65. The summed E-state index contributed by atoms with van der Waals surface area (Å²) in [7, 11) is 2.05. The molecule has 1 aliphatic heterocycles. The van der Waals surface area contributed by atoms with Crippen molar-refractivity contribution in [2.45, 2.75) is 51.7 Å². The largest absolute Gasteiger partial charge is 0.377 e. The molecule has 1 aliphatic rings. The number of hydrogen-bond donors (Lipinski definition) is 1. The minimum atomic E-state index is 0.476. The van der Waals surface area contributed by atoms with E-state index in [1.165, 1.54) is 25.7 Å². The van der Waals surface area contributed by atoms with Crippen LogP contribution in [-0.4, -0.2) is 25.8 Å². The molecule has 0 aliphatic carbocycles. The van der Waals surface area contributed by atoms with Gasteiger partial charge < -0.3 is 10.1 Å². The third-order valence-electron chi connectivity index (χ3n) is 2.84. The number of hydrogen-bond acceptors (Lipinski definition) is 2. The molecule has 0 radical (unpaired) electrons. The molecule has 1 heterocycles. The van der Waals surface area contributed by atoms with Crippen molar-refractivity contribution in [2.24, 2.45) is 5.92 Å². The summed E-state index contributed by atoms with van der Waals surface area (Å²) in [5, 5.41) is 3.37. The van der Waals surface area contributed by atoms with Gasteiger partial charge in [-0.15, -0.1) is 0 Å². The van der Waals surface area contributed by atoms with Crippen LogP contribution < -0.4 is 5.32 Å². The molecule has 78 valence electrons. The molecule has 13 heavy (non-hydrogen) atoms. The van der Waals surface area contributed by atoms with Crippen LogP contribution in [0.4, 0.5) is 0 Å². The van der Waals surface area contributed by atoms with E-state index in [0.29, 0.717) is 12.1 Å². The Morgan fingerprint density at radius 3 is 2.62 bits per heavy atom. The van der Waals surface area contributed by atoms with Gasteiger partial charge in [0.2, 0.25) is 0 Å². The first-order valence-corrected chi connectivity index (χ1v) is 5.53. The van der Waals surface area contributed by atoms with Gasteiger partial charge in [-0.2, -0.15) is 0 Å². The molecule has 2 nitrogen and oxygen atoms in total. The minimum Gasteiger partial charge on any atom is -0.377 e. The van der Waals surface area contributed by atoms with Gasteiger partial charge in [-0.05, 0) is 38.6 Å². The summed E-state index contributed by atoms with van der Waals surface area (Å²) in [6, 6.07) is 0.574. The standard InChI is InChI=1S/C11H23NO/c1-9(2)6-7-10(12-3)11-5-4-8-13-11/h9-12H,4-8H2,1-3H3. The maximum absolute atomic E-state index is 5.68. The number of likely N-dealkylation sites (N-methyl/N-ethyl adjacent to an activating group) is 1. The molecule has 1 saturated heterocycles. The molecule has 2 unspecified atom stereocenters. The zero-order valence-corrected chi connectivity index (χ0v) is 9.18. The fourth-order valence-electron chi connectivity index (χ4n) is 1.95. The Kier molecular flexibility index (Phi) is 4.74. The molecule has 0 aromatic heterocycles. The Labute approximate surface area is 82.0 Å². The number of nitrogens with one attached hydrogen (secondary N) is 1. The lowest BCUT2D eigenvalue weighted by Gasteiger charge is -2.23. The Morgan fingerprint density at radius 1 is 1.38 bits per heavy atom. The first-order valence-electron chi connectivity index (χ1n) is 5.53. The predicted octanol–water partition coefficient (Wildman–Crippen LogP) is 2.19. The summed E-state index contributed by atoms with van der Waals surface area (Å²) in [6.45, 7) is 5.52. The molecule has 0 aromatic carbocycles. The van der Waals surface area contributed by atoms with Crippen molar-refractivity contribution in [1.29, 1.82) is 0 Å². The van der Waals surface area contributed by atoms with Crippen LogP contribution in [0.15, 0.2) is 0 Å². The number of rotatable bonds is 5. The van der Waals surface area contributed by atoms with Gasteiger partial charge in [0.15, 0.2) is 0 Å². The third-order valence-corrected chi connectivity index (χ3v) is 2.84. The Morgan fingerprint density at radius 2 is 2.15 bits per heavy atom. The maximum atomic E-state index is 5.68. The molecule has 1 rings (SSSR count). The zero-order chi connectivity index (χ0) is 9.68. The van der Waals surface area contributed by atoms with E-state index in [9.17, 15) is 0 Å². The van der Waals surface area contributed by atoms with Crippen molar-refractivity contribution in [3.63, 3.8) is 0 Å². The second kappa shape index (κ2) is 5.61. The Hall–Kier alpha value is -0.0800. The van der Waals surface area contributed by atoms with E-state index >= 15 is 0 Å². The summed E-state index contributed by atoms with van der Waals surface area (Å²) in [5.74, 6) is 0.803. The molecule has 0 spiro atoms. The highest BCUT2D eigenvalue weighted by Gasteiger charge is 2.24. The highest BCUT2D eigenvalue weighted by Crippen LogP contribution is 2.19. The van der Waals surface area contributed by atoms with E-state index in [4.69, 9.17) is 4.74 Å². The van der Waals surface area contributed by atoms with E-state index in [-0.39, 0.29) is 0 Å². The lowest BCUT2D eigenvalue weighted by Crippen LogP contribution is -2.37. The molecular formula is C11H23NO. The van der Waals surface area contributed by atoms with Gasteiger partial charge in [-0.3, -0.25) is 0 Å². The van der Waals surface area contributed by atoms with E-state index in [0.717, 1.165) is 12.5 Å². The molecule has 2 heteroatoms. The van der Waals surface area contributed by atoms with Crippen molar-refractivity contribution in [3.8, 4) is 0 Å². The first-order chi connectivity index (χ1) is 6.24. The fourth-order valence-corrected chi connectivity index (χ4v) is 1.95. The molecule has 1 N–H and O–H groups in total. The van der Waals surface area contributed by atoms with Crippen LogP contribution in [0, 0.1) is 5.92 Å². The van der Waals surface area contributed by atoms with Gasteiger partial charge in [0.05, 0.1) is 6.10 Å². The Balaban J connectivity index is 2.24. The second-order valence-corrected chi connectivity index (χ2v) is 4.42. The van der Waals surface area contributed by atoms with Crippen molar-refractivity contribution in [3.05, 3.63) is 0 Å². The fraction of sp³-hybridized carbons (Fsp3) is 1.00. The van der Waals surface area contributed by atoms with E-state index in [1.54, 1.807) is 0 Å². The summed E-state index contributed by atoms with van der Waals surface area (Å²) in [5.41, 5.74) is 0. The highest BCUT2D eigenvalue weighted by molar-refractivity contribution is 4.79. The molecule has 1 fully saturated rings. The van der Waals surface area contributed by atoms with Gasteiger partial charge in [0.25, 0.3) is 0 Å². The lowest BCUT2D eigenvalue weighted by atomic mass is 9.98. The van der Waals surface area contributed by atoms with E-state index in [2.05, 4.69) is 19.2 Å². The van der Waals surface area contributed by atoms with Gasteiger partial charge in [-0.1, -0.05) is 13.8 Å². The molecule has 0 saturated carbocycles. The number of ether oxygens (including phenoxy) is 1. The van der Waals surface area contributed by atoms with Crippen LogP contribution in [0.1, 0.15) is 39.5 Å². The van der Waals surface area contributed by atoms with Crippen LogP contribution in [-0.2, 0) is 4.74 Å². The van der Waals surface area contributed by atoms with Crippen molar-refractivity contribution in [1.82, 2.24) is 5.32 Å². The zero-order valence-electron chi connectivity index (χ0n) is 9.18. The van der Waals surface area contributed by atoms with Gasteiger partial charge in [0.1, 0.15) is 0 Å². The second-order valence-electron chi connectivity index (χ2n) is 4.42. The van der Waals surface area contributed by atoms with Crippen LogP contribution in [0.25, 0.3) is 0 Å². The van der Waals surface area contributed by atoms with Crippen LogP contribution in [0.5, 0.6) is 0 Å². The average Bonchev–Trinajstić information content (AvgIpc) is 2.58. The molecule has 2 atom stereocenters. The van der Waals surface area contributed by atoms with Crippen molar-refractivity contribution < 1.29 is 4.74 Å². The summed E-state index contributed by atoms with van der Waals surface area (Å²) in [4.78, 5) is 0. The lowest BCUT2D eigenvalue weighted by molar-refractivity contribution is 0.0763. The normalized spacial score (nSPS) is 25.4. The molecule has 0 bridgehead atoms. The van der Waals surface area contributed by atoms with Crippen LogP contribution >= 0.6 is 0 Å². The van der Waals surface area contributed by atoms with Gasteiger partial charge >= 0.3 is 0 Å². The molecule has 0 amide bonds. The van der Waals surface area contributed by atoms with Gasteiger partial charge in [0, 0.05) is 12.6 Å². The first kappa shape index (κ1) is 11.0. The maximum Gasteiger partial charge on any atom is 0.0728 e. The summed E-state index contributed by atoms with van der Waals surface area (Å²) < 4.78 is 5.68. The smallest absolute Gasteiger partial charge is 0.0728 e. The summed E-state index contributed by atoms with van der Waals surface area (Å²) in [6.07, 6.45) is 5.50. The van der Waals surface area contributed by atoms with Gasteiger partial charge in [-0.25, -0.2) is 0 Å². The van der Waals surface area contributed by atoms with E-state index in [1.807, 2.05) is 7.05 Å². The van der Waals surface area contributed by atoms with E-state index < -0.39 is 0 Å². The molecular weight excluding hydrogens is 162 g/mol. The minimum absolute atomic E-state index is 0.476. The quantitative estimate of drug-likeness (QED) is 0.709. The Bertz CT molecular complexity index is 130.